The number of hydrogen-bond acceptors (Lipinski definition) is 3. The summed E-state index contributed by atoms with van der Waals surface area (Å²) in [7, 11) is 0. The van der Waals surface area contributed by atoms with Crippen LogP contribution in [-0.2, 0) is 4.79 Å². The predicted molar refractivity (Wildman–Crippen MR) is 104 cm³/mol. The second-order valence-electron chi connectivity index (χ2n) is 5.92. The van der Waals surface area contributed by atoms with Crippen molar-refractivity contribution in [3.8, 4) is 0 Å². The molecule has 134 valence electrons. The highest BCUT2D eigenvalue weighted by molar-refractivity contribution is 6.09. The normalized spacial score (nSPS) is 10.7. The Bertz CT molecular complexity index is 704. The number of benzene rings is 2. The van der Waals surface area contributed by atoms with Gasteiger partial charge in [-0.25, -0.2) is 0 Å². The molecular formula is C20H25ClN2O2. The van der Waals surface area contributed by atoms with Crippen LogP contribution in [0.1, 0.15) is 42.6 Å². The van der Waals surface area contributed by atoms with Crippen LogP contribution in [0.3, 0.4) is 0 Å². The molecule has 5 heteroatoms. The summed E-state index contributed by atoms with van der Waals surface area (Å²) in [6.07, 6.45) is 1.35. The first kappa shape index (κ1) is 20.9. The molecule has 0 bridgehead atoms. The summed E-state index contributed by atoms with van der Waals surface area (Å²) in [5.41, 5.74) is 7.04. The molecule has 0 aliphatic heterocycles. The number of anilines is 1. The first-order valence-corrected chi connectivity index (χ1v) is 8.27. The largest absolute Gasteiger partial charge is 0.329 e. The number of ketones is 1. The van der Waals surface area contributed by atoms with Gasteiger partial charge >= 0.3 is 0 Å². The fourth-order valence-electron chi connectivity index (χ4n) is 2.71. The number of hydrogen-bond donors (Lipinski definition) is 2. The van der Waals surface area contributed by atoms with E-state index in [2.05, 4.69) is 5.32 Å². The quantitative estimate of drug-likeness (QED) is 0.732. The second-order valence-corrected chi connectivity index (χ2v) is 5.92. The van der Waals surface area contributed by atoms with Crippen molar-refractivity contribution < 1.29 is 9.59 Å². The van der Waals surface area contributed by atoms with Gasteiger partial charge in [0.05, 0.1) is 5.41 Å². The van der Waals surface area contributed by atoms with E-state index in [1.165, 1.54) is 0 Å². The molecule has 3 N–H and O–H groups in total. The van der Waals surface area contributed by atoms with Crippen molar-refractivity contribution in [1.82, 2.24) is 0 Å². The number of carbonyl (C=O) groups is 2. The van der Waals surface area contributed by atoms with Gasteiger partial charge in [0.1, 0.15) is 0 Å². The minimum Gasteiger partial charge on any atom is -0.329 e. The van der Waals surface area contributed by atoms with E-state index in [0.29, 0.717) is 36.2 Å². The van der Waals surface area contributed by atoms with Crippen LogP contribution >= 0.6 is 12.4 Å². The van der Waals surface area contributed by atoms with Gasteiger partial charge in [-0.15, -0.1) is 12.4 Å². The molecule has 0 atom stereocenters. The number of nitrogens with two attached hydrogens (primary N) is 1. The van der Waals surface area contributed by atoms with E-state index in [4.69, 9.17) is 5.73 Å². The topological polar surface area (TPSA) is 72.2 Å². The zero-order valence-corrected chi connectivity index (χ0v) is 15.4. The lowest BCUT2D eigenvalue weighted by Crippen LogP contribution is -2.41. The summed E-state index contributed by atoms with van der Waals surface area (Å²) in [6.45, 7) is 4.23. The van der Waals surface area contributed by atoms with E-state index in [1.807, 2.05) is 32.0 Å². The SMILES string of the molecule is CCC(CC)(CN)C(=O)Nc1cccc(C(=O)c2ccccc2)c1.Cl. The molecule has 4 nitrogen and oxygen atoms in total. The van der Waals surface area contributed by atoms with Gasteiger partial charge in [-0.1, -0.05) is 56.3 Å². The Hall–Kier alpha value is -2.17. The number of rotatable bonds is 7. The number of nitrogens with one attached hydrogen (secondary N) is 1. The van der Waals surface area contributed by atoms with E-state index < -0.39 is 5.41 Å². The van der Waals surface area contributed by atoms with E-state index in [9.17, 15) is 9.59 Å². The molecule has 0 heterocycles. The first-order valence-electron chi connectivity index (χ1n) is 8.27. The van der Waals surface area contributed by atoms with Crippen LogP contribution in [0.2, 0.25) is 0 Å². The Morgan fingerprint density at radius 3 is 2.12 bits per heavy atom. The van der Waals surface area contributed by atoms with Gasteiger partial charge in [-0.05, 0) is 25.0 Å². The van der Waals surface area contributed by atoms with Gasteiger partial charge in [-0.2, -0.15) is 0 Å². The van der Waals surface area contributed by atoms with Crippen LogP contribution in [0.25, 0.3) is 0 Å². The number of carbonyl (C=O) groups excluding carboxylic acids is 2. The molecule has 0 aromatic heterocycles. The monoisotopic (exact) mass is 360 g/mol. The molecule has 0 unspecified atom stereocenters. The maximum absolute atomic E-state index is 12.6. The lowest BCUT2D eigenvalue weighted by molar-refractivity contribution is -0.125. The molecule has 1 amide bonds. The van der Waals surface area contributed by atoms with Crippen LogP contribution < -0.4 is 11.1 Å². The molecule has 0 fully saturated rings. The fraction of sp³-hybridized carbons (Fsp3) is 0.300. The van der Waals surface area contributed by atoms with Crippen molar-refractivity contribution in [3.63, 3.8) is 0 Å². The minimum atomic E-state index is -0.570. The third-order valence-corrected chi connectivity index (χ3v) is 4.64. The van der Waals surface area contributed by atoms with Gasteiger partial charge in [0.15, 0.2) is 5.78 Å². The molecule has 2 aromatic carbocycles. The molecule has 0 spiro atoms. The molecule has 0 aliphatic carbocycles. The van der Waals surface area contributed by atoms with Crippen LogP contribution in [0.4, 0.5) is 5.69 Å². The molecule has 0 saturated heterocycles. The Labute approximate surface area is 155 Å². The van der Waals surface area contributed by atoms with E-state index in [1.54, 1.807) is 36.4 Å². The van der Waals surface area contributed by atoms with Gasteiger partial charge in [0.25, 0.3) is 0 Å². The average molecular weight is 361 g/mol. The highest BCUT2D eigenvalue weighted by Crippen LogP contribution is 2.27. The Morgan fingerprint density at radius 1 is 0.960 bits per heavy atom. The van der Waals surface area contributed by atoms with Gasteiger partial charge in [-0.3, -0.25) is 9.59 Å². The Kier molecular flexibility index (Phi) is 7.81. The lowest BCUT2D eigenvalue weighted by atomic mass is 9.81. The maximum Gasteiger partial charge on any atom is 0.231 e. The van der Waals surface area contributed by atoms with E-state index in [-0.39, 0.29) is 24.1 Å². The third-order valence-electron chi connectivity index (χ3n) is 4.64. The van der Waals surface area contributed by atoms with Crippen LogP contribution in [0, 0.1) is 5.41 Å². The summed E-state index contributed by atoms with van der Waals surface area (Å²) in [4.78, 5) is 25.1. The van der Waals surface area contributed by atoms with Crippen molar-refractivity contribution in [2.24, 2.45) is 11.1 Å². The van der Waals surface area contributed by atoms with E-state index in [0.717, 1.165) is 0 Å². The van der Waals surface area contributed by atoms with Crippen molar-refractivity contribution in [2.45, 2.75) is 26.7 Å². The molecule has 2 aromatic rings. The number of halogens is 1. The summed E-state index contributed by atoms with van der Waals surface area (Å²) >= 11 is 0. The van der Waals surface area contributed by atoms with Crippen molar-refractivity contribution in [2.75, 3.05) is 11.9 Å². The molecule has 0 saturated carbocycles. The van der Waals surface area contributed by atoms with Crippen LogP contribution in [0.15, 0.2) is 54.6 Å². The number of amides is 1. The standard InChI is InChI=1S/C20H24N2O2.ClH/c1-3-20(4-2,14-21)19(24)22-17-12-8-11-16(13-17)18(23)15-9-6-5-7-10-15;/h5-13H,3-4,14,21H2,1-2H3,(H,22,24);1H. The smallest absolute Gasteiger partial charge is 0.231 e. The van der Waals surface area contributed by atoms with Crippen LogP contribution in [-0.4, -0.2) is 18.2 Å². The summed E-state index contributed by atoms with van der Waals surface area (Å²) in [5.74, 6) is -0.165. The molecule has 2 rings (SSSR count). The van der Waals surface area contributed by atoms with Gasteiger partial charge < -0.3 is 11.1 Å². The highest BCUT2D eigenvalue weighted by atomic mass is 35.5. The van der Waals surface area contributed by atoms with Crippen molar-refractivity contribution in [3.05, 3.63) is 65.7 Å². The molecular weight excluding hydrogens is 336 g/mol. The predicted octanol–water partition coefficient (Wildman–Crippen LogP) is 4.04. The summed E-state index contributed by atoms with van der Waals surface area (Å²) in [5, 5.41) is 2.91. The highest BCUT2D eigenvalue weighted by Gasteiger charge is 2.33. The molecule has 0 aliphatic rings. The lowest BCUT2D eigenvalue weighted by Gasteiger charge is -2.28. The molecule has 0 radical (unpaired) electrons. The average Bonchev–Trinajstić information content (AvgIpc) is 2.64. The van der Waals surface area contributed by atoms with Crippen molar-refractivity contribution >= 4 is 29.8 Å². The summed E-state index contributed by atoms with van der Waals surface area (Å²) < 4.78 is 0. The van der Waals surface area contributed by atoms with Gasteiger partial charge in [0, 0.05) is 23.4 Å². The Morgan fingerprint density at radius 2 is 1.56 bits per heavy atom. The minimum absolute atomic E-state index is 0. The molecule has 25 heavy (non-hydrogen) atoms. The maximum atomic E-state index is 12.6. The second kappa shape index (κ2) is 9.35. The zero-order chi connectivity index (χ0) is 17.6. The van der Waals surface area contributed by atoms with Crippen molar-refractivity contribution in [1.29, 1.82) is 0 Å². The fourth-order valence-corrected chi connectivity index (χ4v) is 2.71. The zero-order valence-electron chi connectivity index (χ0n) is 14.6. The van der Waals surface area contributed by atoms with E-state index >= 15 is 0 Å². The first-order chi connectivity index (χ1) is 11.6. The third kappa shape index (κ3) is 4.68. The van der Waals surface area contributed by atoms with Gasteiger partial charge in [0.2, 0.25) is 5.91 Å². The van der Waals surface area contributed by atoms with Crippen LogP contribution in [0.5, 0.6) is 0 Å². The summed E-state index contributed by atoms with van der Waals surface area (Å²) in [6, 6.07) is 16.1. The Balaban J connectivity index is 0.00000312.